The SMILES string of the molecule is CC(Sc1cccc(NC(=O)c2c(Cl)c(Cl)c(Cl)c(Cl)c2C(=O)O)c1)C(=O)Nc1ccc([N+](=O)[O-])cc1. The normalized spacial score (nSPS) is 11.5. The van der Waals surface area contributed by atoms with Crippen molar-refractivity contribution >= 4 is 93.0 Å². The van der Waals surface area contributed by atoms with Gasteiger partial charge in [0.25, 0.3) is 11.6 Å². The molecular formula is C23H15Cl4N3O6S. The lowest BCUT2D eigenvalue weighted by molar-refractivity contribution is -0.384. The first-order valence-electron chi connectivity index (χ1n) is 10.1. The molecule has 14 heteroatoms. The first-order valence-corrected chi connectivity index (χ1v) is 12.5. The van der Waals surface area contributed by atoms with Gasteiger partial charge in [-0.2, -0.15) is 0 Å². The molecule has 0 spiro atoms. The fourth-order valence-electron chi connectivity index (χ4n) is 3.05. The number of anilines is 2. The van der Waals surface area contributed by atoms with Crippen LogP contribution in [0.1, 0.15) is 27.6 Å². The Bertz CT molecular complexity index is 1420. The molecule has 0 aliphatic rings. The van der Waals surface area contributed by atoms with Crippen molar-refractivity contribution in [1.29, 1.82) is 0 Å². The maximum Gasteiger partial charge on any atom is 0.338 e. The standard InChI is InChI=1S/C23H15Cl4N3O6S/c1-10(21(31)28-11-5-7-13(8-6-11)30(35)36)37-14-4-2-3-12(9-14)29-22(32)15-16(23(33)34)18(25)20(27)19(26)17(15)24/h2-10H,1H3,(H,28,31)(H,29,32)(H,33,34). The number of hydrogen-bond donors (Lipinski definition) is 3. The number of non-ortho nitro benzene ring substituents is 1. The topological polar surface area (TPSA) is 139 Å². The van der Waals surface area contributed by atoms with Crippen LogP contribution < -0.4 is 10.6 Å². The first-order chi connectivity index (χ1) is 17.4. The molecule has 3 N–H and O–H groups in total. The van der Waals surface area contributed by atoms with E-state index in [0.717, 1.165) is 0 Å². The van der Waals surface area contributed by atoms with Crippen LogP contribution in [0.25, 0.3) is 0 Å². The van der Waals surface area contributed by atoms with Gasteiger partial charge in [-0.1, -0.05) is 52.5 Å². The van der Waals surface area contributed by atoms with Crippen molar-refractivity contribution in [3.05, 3.63) is 89.9 Å². The lowest BCUT2D eigenvalue weighted by Crippen LogP contribution is -2.22. The van der Waals surface area contributed by atoms with Gasteiger partial charge in [0, 0.05) is 28.4 Å². The molecule has 1 atom stereocenters. The van der Waals surface area contributed by atoms with E-state index in [0.29, 0.717) is 10.6 Å². The number of amides is 2. The number of nitrogens with zero attached hydrogens (tertiary/aromatic N) is 1. The highest BCUT2D eigenvalue weighted by atomic mass is 35.5. The minimum Gasteiger partial charge on any atom is -0.478 e. The highest BCUT2D eigenvalue weighted by molar-refractivity contribution is 8.00. The van der Waals surface area contributed by atoms with E-state index in [-0.39, 0.29) is 32.3 Å². The van der Waals surface area contributed by atoms with Gasteiger partial charge >= 0.3 is 5.97 Å². The third-order valence-corrected chi connectivity index (χ3v) is 7.72. The summed E-state index contributed by atoms with van der Waals surface area (Å²) < 4.78 is 0. The number of carbonyl (C=O) groups is 3. The zero-order valence-electron chi connectivity index (χ0n) is 18.6. The Hall–Kier alpha value is -3.02. The molecule has 0 aliphatic heterocycles. The van der Waals surface area contributed by atoms with Crippen LogP contribution in [0.15, 0.2) is 53.4 Å². The van der Waals surface area contributed by atoms with Gasteiger partial charge in [-0.15, -0.1) is 11.8 Å². The predicted molar refractivity (Wildman–Crippen MR) is 145 cm³/mol. The van der Waals surface area contributed by atoms with E-state index >= 15 is 0 Å². The molecule has 0 aromatic heterocycles. The molecule has 0 bridgehead atoms. The van der Waals surface area contributed by atoms with Crippen molar-refractivity contribution in [3.63, 3.8) is 0 Å². The van der Waals surface area contributed by atoms with Crippen LogP contribution in [0.2, 0.25) is 20.1 Å². The molecule has 0 heterocycles. The van der Waals surface area contributed by atoms with E-state index in [1.54, 1.807) is 31.2 Å². The largest absolute Gasteiger partial charge is 0.478 e. The molecule has 9 nitrogen and oxygen atoms in total. The molecule has 0 radical (unpaired) electrons. The van der Waals surface area contributed by atoms with Crippen molar-refractivity contribution in [2.45, 2.75) is 17.1 Å². The second kappa shape index (κ2) is 12.0. The molecule has 3 aromatic rings. The number of carbonyl (C=O) groups excluding carboxylic acids is 2. The van der Waals surface area contributed by atoms with Crippen molar-refractivity contribution in [1.82, 2.24) is 0 Å². The van der Waals surface area contributed by atoms with E-state index in [9.17, 15) is 29.6 Å². The van der Waals surface area contributed by atoms with Crippen molar-refractivity contribution in [2.24, 2.45) is 0 Å². The molecule has 3 rings (SSSR count). The summed E-state index contributed by atoms with van der Waals surface area (Å²) in [5.41, 5.74) is -0.467. The van der Waals surface area contributed by atoms with Crippen LogP contribution in [0.5, 0.6) is 0 Å². The second-order valence-electron chi connectivity index (χ2n) is 7.35. The Morgan fingerprint density at radius 1 is 0.892 bits per heavy atom. The molecule has 2 amide bonds. The number of nitro benzene ring substituents is 1. The Balaban J connectivity index is 1.75. The Morgan fingerprint density at radius 3 is 2.05 bits per heavy atom. The molecular weight excluding hydrogens is 588 g/mol. The number of nitrogens with one attached hydrogen (secondary N) is 2. The van der Waals surface area contributed by atoms with Crippen molar-refractivity contribution in [3.8, 4) is 0 Å². The number of hydrogen-bond acceptors (Lipinski definition) is 6. The first kappa shape index (κ1) is 28.5. The molecule has 3 aromatic carbocycles. The lowest BCUT2D eigenvalue weighted by Gasteiger charge is -2.15. The maximum atomic E-state index is 13.0. The summed E-state index contributed by atoms with van der Waals surface area (Å²) >= 11 is 25.2. The summed E-state index contributed by atoms with van der Waals surface area (Å²) in [6.07, 6.45) is 0. The lowest BCUT2D eigenvalue weighted by atomic mass is 10.1. The van der Waals surface area contributed by atoms with Gasteiger partial charge in [-0.25, -0.2) is 4.79 Å². The number of carboxylic acids is 1. The number of carboxylic acid groups (broad SMARTS) is 1. The fourth-order valence-corrected chi connectivity index (χ4v) is 5.00. The number of halogens is 4. The molecule has 1 unspecified atom stereocenters. The molecule has 0 aliphatic carbocycles. The summed E-state index contributed by atoms with van der Waals surface area (Å²) in [5.74, 6) is -2.75. The Kier molecular flexibility index (Phi) is 9.27. The van der Waals surface area contributed by atoms with Gasteiger partial charge < -0.3 is 15.7 Å². The van der Waals surface area contributed by atoms with Crippen molar-refractivity contribution in [2.75, 3.05) is 10.6 Å². The van der Waals surface area contributed by atoms with Gasteiger partial charge in [-0.3, -0.25) is 19.7 Å². The van der Waals surface area contributed by atoms with Crippen LogP contribution in [-0.2, 0) is 4.79 Å². The van der Waals surface area contributed by atoms with E-state index in [1.165, 1.54) is 36.0 Å². The van der Waals surface area contributed by atoms with Crippen LogP contribution >= 0.6 is 58.2 Å². The molecule has 0 saturated carbocycles. The van der Waals surface area contributed by atoms with Gasteiger partial charge in [0.15, 0.2) is 0 Å². The molecule has 192 valence electrons. The summed E-state index contributed by atoms with van der Waals surface area (Å²) in [7, 11) is 0. The number of nitro groups is 1. The van der Waals surface area contributed by atoms with E-state index < -0.39 is 38.2 Å². The zero-order chi connectivity index (χ0) is 27.4. The molecule has 0 saturated heterocycles. The summed E-state index contributed by atoms with van der Waals surface area (Å²) in [4.78, 5) is 48.1. The monoisotopic (exact) mass is 601 g/mol. The van der Waals surface area contributed by atoms with Gasteiger partial charge in [0.2, 0.25) is 5.91 Å². The average molecular weight is 603 g/mol. The van der Waals surface area contributed by atoms with E-state index in [4.69, 9.17) is 46.4 Å². The molecule has 0 fully saturated rings. The van der Waals surface area contributed by atoms with Gasteiger partial charge in [0.1, 0.15) is 0 Å². The summed E-state index contributed by atoms with van der Waals surface area (Å²) in [6.45, 7) is 1.66. The predicted octanol–water partition coefficient (Wildman–Crippen LogP) is 7.28. The number of rotatable bonds is 8. The third kappa shape index (κ3) is 6.65. The number of thioether (sulfide) groups is 1. The Labute approximate surface area is 234 Å². The highest BCUT2D eigenvalue weighted by Gasteiger charge is 2.29. The van der Waals surface area contributed by atoms with E-state index in [1.807, 2.05) is 0 Å². The number of benzene rings is 3. The van der Waals surface area contributed by atoms with Crippen LogP contribution in [0.3, 0.4) is 0 Å². The zero-order valence-corrected chi connectivity index (χ0v) is 22.4. The summed E-state index contributed by atoms with van der Waals surface area (Å²) in [5, 5.41) is 23.6. The quantitative estimate of drug-likeness (QED) is 0.0809. The maximum absolute atomic E-state index is 13.0. The summed E-state index contributed by atoms with van der Waals surface area (Å²) in [6, 6.07) is 11.9. The van der Waals surface area contributed by atoms with Crippen LogP contribution in [-0.4, -0.2) is 33.1 Å². The van der Waals surface area contributed by atoms with E-state index in [2.05, 4.69) is 10.6 Å². The number of aromatic carboxylic acids is 1. The minimum absolute atomic E-state index is 0.0980. The van der Waals surface area contributed by atoms with Gasteiger partial charge in [0.05, 0.1) is 41.4 Å². The van der Waals surface area contributed by atoms with Gasteiger partial charge in [-0.05, 0) is 37.3 Å². The smallest absolute Gasteiger partial charge is 0.338 e. The average Bonchev–Trinajstić information content (AvgIpc) is 2.84. The van der Waals surface area contributed by atoms with Crippen LogP contribution in [0.4, 0.5) is 17.1 Å². The highest BCUT2D eigenvalue weighted by Crippen LogP contribution is 2.42. The minimum atomic E-state index is -1.52. The second-order valence-corrected chi connectivity index (χ2v) is 10.3. The third-order valence-electron chi connectivity index (χ3n) is 4.83. The van der Waals surface area contributed by atoms with Crippen molar-refractivity contribution < 1.29 is 24.4 Å². The van der Waals surface area contributed by atoms with Crippen LogP contribution in [0, 0.1) is 10.1 Å². The fraction of sp³-hybridized carbons (Fsp3) is 0.0870. The Morgan fingerprint density at radius 2 is 1.49 bits per heavy atom. The molecule has 37 heavy (non-hydrogen) atoms.